The second-order valence-corrected chi connectivity index (χ2v) is 7.58. The Labute approximate surface area is 142 Å². The van der Waals surface area contributed by atoms with Crippen molar-refractivity contribution >= 4 is 5.96 Å². The number of rotatable bonds is 9. The Hall–Kier alpha value is -0.810. The number of guanidine groups is 1. The molecule has 23 heavy (non-hydrogen) atoms. The van der Waals surface area contributed by atoms with Crippen molar-refractivity contribution in [3.05, 3.63) is 0 Å². The van der Waals surface area contributed by atoms with E-state index in [1.54, 1.807) is 0 Å². The Bertz CT molecular complexity index is 360. The molecule has 5 nitrogen and oxygen atoms in total. The number of nitrogens with one attached hydrogen (secondary N) is 2. The van der Waals surface area contributed by atoms with E-state index in [0.29, 0.717) is 0 Å². The maximum absolute atomic E-state index is 5.66. The third-order valence-corrected chi connectivity index (χ3v) is 4.93. The second kappa shape index (κ2) is 9.48. The van der Waals surface area contributed by atoms with Crippen LogP contribution in [0.1, 0.15) is 52.4 Å². The summed E-state index contributed by atoms with van der Waals surface area (Å²) in [6, 6.07) is 0. The monoisotopic (exact) mass is 324 g/mol. The Morgan fingerprint density at radius 2 is 1.91 bits per heavy atom. The molecule has 2 aliphatic rings. The van der Waals surface area contributed by atoms with E-state index >= 15 is 0 Å². The zero-order valence-corrected chi connectivity index (χ0v) is 15.4. The first-order valence-electron chi connectivity index (χ1n) is 9.39. The van der Waals surface area contributed by atoms with E-state index < -0.39 is 0 Å². The van der Waals surface area contributed by atoms with Crippen LogP contribution in [-0.4, -0.2) is 62.8 Å². The molecule has 0 atom stereocenters. The first-order valence-corrected chi connectivity index (χ1v) is 9.39. The Morgan fingerprint density at radius 1 is 1.17 bits per heavy atom. The van der Waals surface area contributed by atoms with Gasteiger partial charge in [0.1, 0.15) is 0 Å². The van der Waals surface area contributed by atoms with Crippen LogP contribution in [0, 0.1) is 5.92 Å². The molecule has 0 bridgehead atoms. The molecule has 2 fully saturated rings. The lowest BCUT2D eigenvalue weighted by molar-refractivity contribution is 0.0981. The second-order valence-electron chi connectivity index (χ2n) is 7.58. The Morgan fingerprint density at radius 3 is 2.57 bits per heavy atom. The molecule has 1 aliphatic carbocycles. The fourth-order valence-corrected chi connectivity index (χ4v) is 3.05. The van der Waals surface area contributed by atoms with E-state index in [0.717, 1.165) is 44.6 Å². The Balaban J connectivity index is 1.57. The summed E-state index contributed by atoms with van der Waals surface area (Å²) in [7, 11) is 1.84. The van der Waals surface area contributed by atoms with Crippen LogP contribution in [0.5, 0.6) is 0 Å². The largest absolute Gasteiger partial charge is 0.381 e. The standard InChI is InChI=1S/C18H36N4O/c1-18(2,22-11-5-4-6-12-22)15-21-17(19-3)20-10-7-13-23-14-16-8-9-16/h16H,4-15H2,1-3H3,(H2,19,20,21). The van der Waals surface area contributed by atoms with E-state index in [1.165, 1.54) is 45.2 Å². The van der Waals surface area contributed by atoms with E-state index in [4.69, 9.17) is 4.74 Å². The topological polar surface area (TPSA) is 48.9 Å². The third kappa shape index (κ3) is 7.08. The molecule has 1 saturated carbocycles. The van der Waals surface area contributed by atoms with E-state index in [2.05, 4.69) is 34.4 Å². The lowest BCUT2D eigenvalue weighted by Gasteiger charge is -2.41. The van der Waals surface area contributed by atoms with Crippen LogP contribution in [0.15, 0.2) is 4.99 Å². The fourth-order valence-electron chi connectivity index (χ4n) is 3.05. The van der Waals surface area contributed by atoms with Gasteiger partial charge in [0.2, 0.25) is 0 Å². The lowest BCUT2D eigenvalue weighted by Crippen LogP contribution is -2.54. The SMILES string of the molecule is CN=C(NCCCOCC1CC1)NCC(C)(C)N1CCCCC1. The van der Waals surface area contributed by atoms with E-state index in [1.807, 2.05) is 7.05 Å². The van der Waals surface area contributed by atoms with Gasteiger partial charge in [0.05, 0.1) is 0 Å². The number of aliphatic imine (C=N–C) groups is 1. The van der Waals surface area contributed by atoms with E-state index in [-0.39, 0.29) is 5.54 Å². The van der Waals surface area contributed by atoms with Gasteiger partial charge in [-0.3, -0.25) is 9.89 Å². The summed E-state index contributed by atoms with van der Waals surface area (Å²) in [6.07, 6.45) is 7.80. The van der Waals surface area contributed by atoms with Crippen LogP contribution in [0.25, 0.3) is 0 Å². The average molecular weight is 325 g/mol. The number of hydrogen-bond acceptors (Lipinski definition) is 3. The molecule has 0 unspecified atom stereocenters. The highest BCUT2D eigenvalue weighted by atomic mass is 16.5. The van der Waals surface area contributed by atoms with Crippen molar-refractivity contribution in [1.29, 1.82) is 0 Å². The molecule has 0 amide bonds. The predicted molar refractivity (Wildman–Crippen MR) is 97.0 cm³/mol. The molecular formula is C18H36N4O. The van der Waals surface area contributed by atoms with Crippen molar-refractivity contribution in [2.45, 2.75) is 57.9 Å². The summed E-state index contributed by atoms with van der Waals surface area (Å²) in [6.45, 7) is 10.7. The van der Waals surface area contributed by atoms with Crippen molar-refractivity contribution in [2.75, 3.05) is 46.4 Å². The highest BCUT2D eigenvalue weighted by Crippen LogP contribution is 2.28. The Kier molecular flexibility index (Phi) is 7.63. The number of likely N-dealkylation sites (tertiary alicyclic amines) is 1. The summed E-state index contributed by atoms with van der Waals surface area (Å²) in [5, 5.41) is 6.87. The van der Waals surface area contributed by atoms with Crippen LogP contribution < -0.4 is 10.6 Å². The molecule has 0 aromatic heterocycles. The van der Waals surface area contributed by atoms with Gasteiger partial charge in [-0.1, -0.05) is 6.42 Å². The van der Waals surface area contributed by atoms with Gasteiger partial charge in [0.15, 0.2) is 5.96 Å². The highest BCUT2D eigenvalue weighted by molar-refractivity contribution is 5.79. The van der Waals surface area contributed by atoms with E-state index in [9.17, 15) is 0 Å². The van der Waals surface area contributed by atoms with Crippen molar-refractivity contribution in [2.24, 2.45) is 10.9 Å². The maximum Gasteiger partial charge on any atom is 0.191 e. The van der Waals surface area contributed by atoms with Crippen molar-refractivity contribution in [3.63, 3.8) is 0 Å². The quantitative estimate of drug-likeness (QED) is 0.388. The number of nitrogens with zero attached hydrogens (tertiary/aromatic N) is 2. The molecule has 0 aromatic carbocycles. The predicted octanol–water partition coefficient (Wildman–Crippen LogP) is 2.23. The fraction of sp³-hybridized carbons (Fsp3) is 0.944. The number of ether oxygens (including phenoxy) is 1. The smallest absolute Gasteiger partial charge is 0.191 e. The number of hydrogen-bond donors (Lipinski definition) is 2. The molecule has 2 N–H and O–H groups in total. The first kappa shape index (κ1) is 18.5. The van der Waals surface area contributed by atoms with Gasteiger partial charge in [0, 0.05) is 38.9 Å². The van der Waals surface area contributed by atoms with Crippen LogP contribution in [0.2, 0.25) is 0 Å². The minimum Gasteiger partial charge on any atom is -0.381 e. The van der Waals surface area contributed by atoms with Crippen molar-refractivity contribution in [3.8, 4) is 0 Å². The van der Waals surface area contributed by atoms with Crippen LogP contribution in [0.4, 0.5) is 0 Å². The molecule has 1 heterocycles. The van der Waals surface area contributed by atoms with Gasteiger partial charge >= 0.3 is 0 Å². The maximum atomic E-state index is 5.66. The molecule has 5 heteroatoms. The highest BCUT2D eigenvalue weighted by Gasteiger charge is 2.27. The molecule has 1 saturated heterocycles. The van der Waals surface area contributed by atoms with Gasteiger partial charge in [-0.05, 0) is 65.0 Å². The minimum atomic E-state index is 0.172. The summed E-state index contributed by atoms with van der Waals surface area (Å²) in [5.41, 5.74) is 0.172. The van der Waals surface area contributed by atoms with Gasteiger partial charge in [-0.15, -0.1) is 0 Å². The summed E-state index contributed by atoms with van der Waals surface area (Å²) in [4.78, 5) is 6.93. The molecule has 0 spiro atoms. The molecule has 1 aliphatic heterocycles. The summed E-state index contributed by atoms with van der Waals surface area (Å²) < 4.78 is 5.66. The summed E-state index contributed by atoms with van der Waals surface area (Å²) in [5.74, 6) is 1.76. The molecule has 0 radical (unpaired) electrons. The van der Waals surface area contributed by atoms with Gasteiger partial charge < -0.3 is 15.4 Å². The summed E-state index contributed by atoms with van der Waals surface area (Å²) >= 11 is 0. The average Bonchev–Trinajstić information content (AvgIpc) is 3.38. The minimum absolute atomic E-state index is 0.172. The van der Waals surface area contributed by atoms with Crippen LogP contribution in [0.3, 0.4) is 0 Å². The van der Waals surface area contributed by atoms with Crippen LogP contribution >= 0.6 is 0 Å². The first-order chi connectivity index (χ1) is 11.1. The lowest BCUT2D eigenvalue weighted by atomic mass is 9.98. The molecule has 0 aromatic rings. The molecule has 134 valence electrons. The van der Waals surface area contributed by atoms with Gasteiger partial charge in [-0.2, -0.15) is 0 Å². The molecular weight excluding hydrogens is 288 g/mol. The normalized spacial score (nSPS) is 20.6. The van der Waals surface area contributed by atoms with Crippen LogP contribution in [-0.2, 0) is 4.74 Å². The van der Waals surface area contributed by atoms with Gasteiger partial charge in [-0.25, -0.2) is 0 Å². The van der Waals surface area contributed by atoms with Crippen molar-refractivity contribution in [1.82, 2.24) is 15.5 Å². The third-order valence-electron chi connectivity index (χ3n) is 4.93. The zero-order chi connectivity index (χ0) is 16.5. The number of piperidine rings is 1. The molecule has 2 rings (SSSR count). The zero-order valence-electron chi connectivity index (χ0n) is 15.4. The van der Waals surface area contributed by atoms with Gasteiger partial charge in [0.25, 0.3) is 0 Å². The van der Waals surface area contributed by atoms with Crippen molar-refractivity contribution < 1.29 is 4.74 Å².